The molecule has 2 aromatic carbocycles. The molecule has 1 fully saturated rings. The largest absolute Gasteiger partial charge is 0.391 e. The van der Waals surface area contributed by atoms with Gasteiger partial charge in [0.2, 0.25) is 11.9 Å². The Morgan fingerprint density at radius 2 is 1.78 bits per heavy atom. The van der Waals surface area contributed by atoms with Crippen molar-refractivity contribution >= 4 is 75.0 Å². The van der Waals surface area contributed by atoms with Gasteiger partial charge in [0.25, 0.3) is 11.8 Å². The van der Waals surface area contributed by atoms with E-state index >= 15 is 0 Å². The van der Waals surface area contributed by atoms with E-state index in [0.29, 0.717) is 28.0 Å². The quantitative estimate of drug-likeness (QED) is 0.228. The van der Waals surface area contributed by atoms with Crippen molar-refractivity contribution in [2.45, 2.75) is 57.9 Å². The molecule has 1 aliphatic rings. The summed E-state index contributed by atoms with van der Waals surface area (Å²) in [6.45, 7) is 1.97. The van der Waals surface area contributed by atoms with Gasteiger partial charge in [-0.3, -0.25) is 14.4 Å². The predicted molar refractivity (Wildman–Crippen MR) is 170 cm³/mol. The normalized spacial score (nSPS) is 15.5. The number of nitrogens with zero attached hydrogens (tertiary/aromatic N) is 4. The number of amides is 3. The summed E-state index contributed by atoms with van der Waals surface area (Å²) in [4.78, 5) is 47.4. The maximum atomic E-state index is 14.0. The Kier molecular flexibility index (Phi) is 10.2. The van der Waals surface area contributed by atoms with Crippen LogP contribution in [0.15, 0.2) is 29.3 Å². The van der Waals surface area contributed by atoms with Gasteiger partial charge in [-0.25, -0.2) is 14.4 Å². The molecule has 1 aromatic heterocycles. The van der Waals surface area contributed by atoms with Gasteiger partial charge in [-0.2, -0.15) is 13.2 Å². The Morgan fingerprint density at radius 3 is 2.37 bits per heavy atom. The van der Waals surface area contributed by atoms with Crippen LogP contribution in [0.5, 0.6) is 0 Å². The Balaban J connectivity index is 1.69. The smallest absolute Gasteiger partial charge is 0.368 e. The Morgan fingerprint density at radius 1 is 1.13 bits per heavy atom. The van der Waals surface area contributed by atoms with E-state index in [-0.39, 0.29) is 66.0 Å². The monoisotopic (exact) mass is 685 g/mol. The third-order valence-electron chi connectivity index (χ3n) is 7.71. The SMILES string of the molecule is CN(CC(N)=O)c1cc2c(cc1C(=O)N=C1CCC(C(F)(F)F)CC1)nc(Nc1c(Cl)ccc(CNC(=O)C(C)(C)F)c1Cl)n2C. The number of carbonyl (C=O) groups excluding carboxylic acids is 3. The number of halogens is 6. The molecule has 0 spiro atoms. The minimum absolute atomic E-state index is 0.0398. The highest BCUT2D eigenvalue weighted by Gasteiger charge is 2.40. The second-order valence-electron chi connectivity index (χ2n) is 11.6. The Hall–Kier alpha value is -3.91. The summed E-state index contributed by atoms with van der Waals surface area (Å²) in [6.07, 6.45) is -4.51. The van der Waals surface area contributed by atoms with Crippen molar-refractivity contribution in [2.75, 3.05) is 23.8 Å². The van der Waals surface area contributed by atoms with Crippen molar-refractivity contribution < 1.29 is 31.9 Å². The van der Waals surface area contributed by atoms with Crippen molar-refractivity contribution in [3.8, 4) is 0 Å². The number of hydrogen-bond donors (Lipinski definition) is 3. The molecule has 16 heteroatoms. The van der Waals surface area contributed by atoms with E-state index in [1.54, 1.807) is 36.9 Å². The van der Waals surface area contributed by atoms with Gasteiger partial charge in [0.1, 0.15) is 0 Å². The molecule has 4 N–H and O–H groups in total. The molecule has 0 saturated heterocycles. The number of rotatable bonds is 9. The molecule has 0 radical (unpaired) electrons. The highest BCUT2D eigenvalue weighted by Crippen LogP contribution is 2.38. The summed E-state index contributed by atoms with van der Waals surface area (Å²) in [5.74, 6) is -3.33. The van der Waals surface area contributed by atoms with E-state index in [2.05, 4.69) is 20.6 Å². The first-order valence-electron chi connectivity index (χ1n) is 14.2. The minimum Gasteiger partial charge on any atom is -0.368 e. The Bertz CT molecular complexity index is 1710. The van der Waals surface area contributed by atoms with Crippen LogP contribution in [0.3, 0.4) is 0 Å². The van der Waals surface area contributed by atoms with Gasteiger partial charge in [0.05, 0.1) is 50.5 Å². The van der Waals surface area contributed by atoms with Crippen LogP contribution in [0.2, 0.25) is 10.0 Å². The number of benzene rings is 2. The number of carbonyl (C=O) groups is 3. The molecule has 3 amide bonds. The van der Waals surface area contributed by atoms with Gasteiger partial charge >= 0.3 is 6.18 Å². The van der Waals surface area contributed by atoms with Gasteiger partial charge in [0, 0.05) is 26.4 Å². The molecule has 10 nitrogen and oxygen atoms in total. The summed E-state index contributed by atoms with van der Waals surface area (Å²) in [5.41, 5.74) is 5.68. The van der Waals surface area contributed by atoms with E-state index < -0.39 is 35.5 Å². The molecule has 4 rings (SSSR count). The first kappa shape index (κ1) is 35.0. The lowest BCUT2D eigenvalue weighted by molar-refractivity contribution is -0.178. The van der Waals surface area contributed by atoms with Gasteiger partial charge in [-0.1, -0.05) is 29.3 Å². The molecule has 248 valence electrons. The van der Waals surface area contributed by atoms with Crippen molar-refractivity contribution in [1.29, 1.82) is 0 Å². The number of aliphatic imine (C=N–C) groups is 1. The molecule has 46 heavy (non-hydrogen) atoms. The number of aromatic nitrogens is 2. The number of fused-ring (bicyclic) bond motifs is 1. The summed E-state index contributed by atoms with van der Waals surface area (Å²) in [6, 6.07) is 6.24. The molecule has 1 saturated carbocycles. The van der Waals surface area contributed by atoms with Crippen LogP contribution in [0.1, 0.15) is 55.5 Å². The third-order valence-corrected chi connectivity index (χ3v) is 8.45. The van der Waals surface area contributed by atoms with Crippen LogP contribution in [0.4, 0.5) is 34.9 Å². The van der Waals surface area contributed by atoms with Crippen molar-refractivity contribution in [2.24, 2.45) is 23.7 Å². The van der Waals surface area contributed by atoms with Crippen LogP contribution in [-0.4, -0.2) is 58.4 Å². The minimum atomic E-state index is -4.30. The number of likely N-dealkylation sites (N-methyl/N-ethyl adjacent to an activating group) is 1. The summed E-state index contributed by atoms with van der Waals surface area (Å²) in [7, 11) is 3.25. The number of primary amides is 1. The first-order valence-corrected chi connectivity index (χ1v) is 15.0. The van der Waals surface area contributed by atoms with Crippen LogP contribution in [-0.2, 0) is 23.2 Å². The maximum Gasteiger partial charge on any atom is 0.391 e. The molecule has 1 aliphatic carbocycles. The number of hydrogen-bond acceptors (Lipinski definition) is 6. The van der Waals surface area contributed by atoms with E-state index in [1.807, 2.05) is 0 Å². The van der Waals surface area contributed by atoms with E-state index in [1.165, 1.54) is 11.0 Å². The molecule has 0 atom stereocenters. The number of alkyl halides is 4. The molecule has 0 aliphatic heterocycles. The molecule has 3 aromatic rings. The highest BCUT2D eigenvalue weighted by atomic mass is 35.5. The van der Waals surface area contributed by atoms with Crippen LogP contribution < -0.4 is 21.3 Å². The van der Waals surface area contributed by atoms with Crippen LogP contribution in [0.25, 0.3) is 11.0 Å². The van der Waals surface area contributed by atoms with Crippen LogP contribution in [0, 0.1) is 5.92 Å². The Labute approximate surface area is 272 Å². The molecule has 1 heterocycles. The average Bonchev–Trinajstić information content (AvgIpc) is 3.26. The number of anilines is 3. The third kappa shape index (κ3) is 7.89. The van der Waals surface area contributed by atoms with Crippen molar-refractivity contribution in [3.05, 3.63) is 45.4 Å². The van der Waals surface area contributed by atoms with Crippen molar-refractivity contribution in [1.82, 2.24) is 14.9 Å². The number of nitrogens with two attached hydrogens (primary N) is 1. The number of aryl methyl sites for hydroxylation is 1. The fraction of sp³-hybridized carbons (Fsp3) is 0.433. The lowest BCUT2D eigenvalue weighted by atomic mass is 9.87. The van der Waals surface area contributed by atoms with Gasteiger partial charge in [-0.15, -0.1) is 0 Å². The van der Waals surface area contributed by atoms with Crippen molar-refractivity contribution in [3.63, 3.8) is 0 Å². The van der Waals surface area contributed by atoms with Gasteiger partial charge in [0.15, 0.2) is 5.67 Å². The summed E-state index contributed by atoms with van der Waals surface area (Å²) in [5, 5.41) is 5.95. The fourth-order valence-electron chi connectivity index (χ4n) is 5.08. The van der Waals surface area contributed by atoms with Gasteiger partial charge in [-0.05, 0) is 63.3 Å². The van der Waals surface area contributed by atoms with E-state index in [0.717, 1.165) is 13.8 Å². The van der Waals surface area contributed by atoms with Gasteiger partial charge < -0.3 is 25.8 Å². The molecular formula is C30H33Cl2F4N7O3. The molecule has 0 unspecified atom stereocenters. The maximum absolute atomic E-state index is 14.0. The number of nitrogens with one attached hydrogen (secondary N) is 2. The topological polar surface area (TPSA) is 135 Å². The fourth-order valence-corrected chi connectivity index (χ4v) is 5.62. The van der Waals surface area contributed by atoms with Crippen LogP contribution >= 0.6 is 23.2 Å². The summed E-state index contributed by atoms with van der Waals surface area (Å²) < 4.78 is 55.0. The standard InChI is InChI=1S/C30H33Cl2F4N7O3/c1-29(2,33)27(46)38-13-15-5-10-19(31)25(24(15)32)41-28-40-20-11-18(21(12-22(20)43(28)4)42(3)14-23(37)44)26(45)39-17-8-6-16(7-9-17)30(34,35)36/h5,10-12,16H,6-9,13-14H2,1-4H3,(H2,37,44)(H,38,46)(H,40,41). The lowest BCUT2D eigenvalue weighted by Crippen LogP contribution is -2.38. The predicted octanol–water partition coefficient (Wildman–Crippen LogP) is 6.24. The number of imidazole rings is 1. The second-order valence-corrected chi connectivity index (χ2v) is 12.4. The summed E-state index contributed by atoms with van der Waals surface area (Å²) >= 11 is 13.1. The zero-order valence-electron chi connectivity index (χ0n) is 25.5. The zero-order valence-corrected chi connectivity index (χ0v) is 27.0. The zero-order chi connectivity index (χ0) is 34.1. The van der Waals surface area contributed by atoms with E-state index in [4.69, 9.17) is 28.9 Å². The highest BCUT2D eigenvalue weighted by molar-refractivity contribution is 6.39. The first-order chi connectivity index (χ1) is 21.4. The van der Waals surface area contributed by atoms with E-state index in [9.17, 15) is 31.9 Å². The lowest BCUT2D eigenvalue weighted by Gasteiger charge is -2.25. The average molecular weight is 687 g/mol. The molecule has 0 bridgehead atoms. The molecular weight excluding hydrogens is 653 g/mol. The second kappa shape index (κ2) is 13.4.